The van der Waals surface area contributed by atoms with Crippen molar-refractivity contribution in [1.29, 1.82) is 0 Å². The molecule has 18 heavy (non-hydrogen) atoms. The van der Waals surface area contributed by atoms with E-state index in [1.807, 2.05) is 30.3 Å². The van der Waals surface area contributed by atoms with Gasteiger partial charge < -0.3 is 15.6 Å². The number of aliphatic hydroxyl groups is 1. The Morgan fingerprint density at radius 2 is 1.83 bits per heavy atom. The molecule has 2 aromatic carbocycles. The molecule has 0 radical (unpaired) electrons. The van der Waals surface area contributed by atoms with Crippen molar-refractivity contribution < 1.29 is 9.84 Å². The maximum absolute atomic E-state index is 8.88. The summed E-state index contributed by atoms with van der Waals surface area (Å²) in [6.07, 6.45) is 0.585. The normalized spacial score (nSPS) is 11.9. The van der Waals surface area contributed by atoms with Crippen LogP contribution in [0.15, 0.2) is 36.4 Å². The van der Waals surface area contributed by atoms with Crippen LogP contribution in [-0.4, -0.2) is 18.8 Å². The molecule has 0 amide bonds. The monoisotopic (exact) mass is 267 g/mol. The first-order chi connectivity index (χ1) is 8.24. The molecule has 0 aliphatic rings. The highest BCUT2D eigenvalue weighted by Gasteiger charge is 2.06. The van der Waals surface area contributed by atoms with Gasteiger partial charge in [-0.1, -0.05) is 18.2 Å². The van der Waals surface area contributed by atoms with Crippen LogP contribution in [-0.2, 0) is 0 Å². The summed E-state index contributed by atoms with van der Waals surface area (Å²) in [7, 11) is 1.66. The summed E-state index contributed by atoms with van der Waals surface area (Å²) < 4.78 is 5.18. The van der Waals surface area contributed by atoms with Crippen molar-refractivity contribution in [3.05, 3.63) is 42.0 Å². The fourth-order valence-corrected chi connectivity index (χ4v) is 1.91. The van der Waals surface area contributed by atoms with Gasteiger partial charge in [-0.3, -0.25) is 0 Å². The van der Waals surface area contributed by atoms with Gasteiger partial charge in [0.25, 0.3) is 0 Å². The highest BCUT2D eigenvalue weighted by molar-refractivity contribution is 5.85. The molecule has 2 rings (SSSR count). The van der Waals surface area contributed by atoms with Gasteiger partial charge in [0.15, 0.2) is 0 Å². The van der Waals surface area contributed by atoms with Crippen LogP contribution in [0.4, 0.5) is 0 Å². The molecule has 4 heteroatoms. The van der Waals surface area contributed by atoms with E-state index in [2.05, 4.69) is 6.07 Å². The van der Waals surface area contributed by atoms with Crippen LogP contribution in [0.2, 0.25) is 0 Å². The Morgan fingerprint density at radius 1 is 1.17 bits per heavy atom. The van der Waals surface area contributed by atoms with Gasteiger partial charge in [0.2, 0.25) is 0 Å². The molecule has 1 atom stereocenters. The predicted octanol–water partition coefficient (Wildman–Crippen LogP) is 2.65. The van der Waals surface area contributed by atoms with Gasteiger partial charge in [0.05, 0.1) is 7.11 Å². The number of aliphatic hydroxyl groups excluding tert-OH is 1. The second-order valence-corrected chi connectivity index (χ2v) is 4.09. The minimum absolute atomic E-state index is 0. The molecule has 0 spiro atoms. The van der Waals surface area contributed by atoms with Crippen molar-refractivity contribution in [2.24, 2.45) is 5.73 Å². The van der Waals surface area contributed by atoms with E-state index in [9.17, 15) is 0 Å². The predicted molar refractivity (Wildman–Crippen MR) is 76.4 cm³/mol. The van der Waals surface area contributed by atoms with E-state index in [0.717, 1.165) is 22.1 Å². The second-order valence-electron chi connectivity index (χ2n) is 4.09. The van der Waals surface area contributed by atoms with E-state index in [0.29, 0.717) is 6.42 Å². The minimum atomic E-state index is -0.105. The molecular weight excluding hydrogens is 250 g/mol. The van der Waals surface area contributed by atoms with E-state index in [4.69, 9.17) is 15.6 Å². The number of ether oxygens (including phenoxy) is 1. The Balaban J connectivity index is 0.00000162. The van der Waals surface area contributed by atoms with Gasteiger partial charge in [0, 0.05) is 12.6 Å². The lowest BCUT2D eigenvalue weighted by Gasteiger charge is -2.11. The number of fused-ring (bicyclic) bond motifs is 1. The summed E-state index contributed by atoms with van der Waals surface area (Å²) in [5, 5.41) is 11.1. The fourth-order valence-electron chi connectivity index (χ4n) is 1.91. The second kappa shape index (κ2) is 6.59. The molecule has 0 aliphatic carbocycles. The molecule has 0 saturated heterocycles. The standard InChI is InChI=1S/C14H17NO2.ClH/c1-17-13-5-4-10-8-12(14(15)6-7-16)3-2-11(10)9-13;/h2-5,8-9,14,16H,6-7,15H2,1H3;1H/t14-;/m1./s1. The molecule has 0 heterocycles. The van der Waals surface area contributed by atoms with Crippen molar-refractivity contribution in [1.82, 2.24) is 0 Å². The molecule has 0 bridgehead atoms. The third-order valence-corrected chi connectivity index (χ3v) is 2.94. The Labute approximate surface area is 113 Å². The van der Waals surface area contributed by atoms with Crippen LogP contribution >= 0.6 is 12.4 Å². The van der Waals surface area contributed by atoms with Crippen molar-refractivity contribution in [3.8, 4) is 5.75 Å². The summed E-state index contributed by atoms with van der Waals surface area (Å²) in [5.41, 5.74) is 7.02. The number of rotatable bonds is 4. The molecule has 0 fully saturated rings. The van der Waals surface area contributed by atoms with Crippen LogP contribution in [0.3, 0.4) is 0 Å². The maximum Gasteiger partial charge on any atom is 0.119 e. The molecule has 0 unspecified atom stereocenters. The van der Waals surface area contributed by atoms with Gasteiger partial charge in [0.1, 0.15) is 5.75 Å². The lowest BCUT2D eigenvalue weighted by molar-refractivity contribution is 0.276. The molecular formula is C14H18ClNO2. The summed E-state index contributed by atoms with van der Waals surface area (Å²) >= 11 is 0. The molecule has 3 N–H and O–H groups in total. The zero-order chi connectivity index (χ0) is 12.3. The number of nitrogens with two attached hydrogens (primary N) is 1. The molecule has 0 aromatic heterocycles. The van der Waals surface area contributed by atoms with Gasteiger partial charge >= 0.3 is 0 Å². The van der Waals surface area contributed by atoms with E-state index in [1.165, 1.54) is 0 Å². The number of hydrogen-bond acceptors (Lipinski definition) is 3. The first-order valence-electron chi connectivity index (χ1n) is 5.68. The quantitative estimate of drug-likeness (QED) is 0.895. The molecule has 2 aromatic rings. The van der Waals surface area contributed by atoms with Gasteiger partial charge in [-0.05, 0) is 41.0 Å². The first kappa shape index (κ1) is 14.8. The number of methoxy groups -OCH3 is 1. The SMILES string of the molecule is COc1ccc2cc([C@H](N)CCO)ccc2c1.Cl. The number of hydrogen-bond donors (Lipinski definition) is 2. The Bertz CT molecular complexity index is 516. The topological polar surface area (TPSA) is 55.5 Å². The largest absolute Gasteiger partial charge is 0.497 e. The summed E-state index contributed by atoms with van der Waals surface area (Å²) in [4.78, 5) is 0. The van der Waals surface area contributed by atoms with Crippen LogP contribution in [0.25, 0.3) is 10.8 Å². The first-order valence-corrected chi connectivity index (χ1v) is 5.68. The number of halogens is 1. The zero-order valence-electron chi connectivity index (χ0n) is 10.3. The molecule has 0 aliphatic heterocycles. The highest BCUT2D eigenvalue weighted by Crippen LogP contribution is 2.24. The number of benzene rings is 2. The molecule has 0 saturated carbocycles. The van der Waals surface area contributed by atoms with Gasteiger partial charge in [-0.2, -0.15) is 0 Å². The Hall–Kier alpha value is -1.29. The third kappa shape index (κ3) is 3.13. The van der Waals surface area contributed by atoms with Crippen LogP contribution in [0.1, 0.15) is 18.0 Å². The third-order valence-electron chi connectivity index (χ3n) is 2.94. The maximum atomic E-state index is 8.88. The van der Waals surface area contributed by atoms with Crippen LogP contribution in [0, 0.1) is 0 Å². The molecule has 3 nitrogen and oxygen atoms in total. The lowest BCUT2D eigenvalue weighted by atomic mass is 10.0. The highest BCUT2D eigenvalue weighted by atomic mass is 35.5. The van der Waals surface area contributed by atoms with E-state index < -0.39 is 0 Å². The summed E-state index contributed by atoms with van der Waals surface area (Å²) in [6, 6.07) is 11.9. The van der Waals surface area contributed by atoms with Crippen molar-refractivity contribution in [2.75, 3.05) is 13.7 Å². The van der Waals surface area contributed by atoms with E-state index >= 15 is 0 Å². The zero-order valence-corrected chi connectivity index (χ0v) is 11.1. The van der Waals surface area contributed by atoms with E-state index in [-0.39, 0.29) is 25.1 Å². The minimum Gasteiger partial charge on any atom is -0.497 e. The van der Waals surface area contributed by atoms with Crippen LogP contribution < -0.4 is 10.5 Å². The van der Waals surface area contributed by atoms with Gasteiger partial charge in [-0.25, -0.2) is 0 Å². The van der Waals surface area contributed by atoms with Crippen molar-refractivity contribution in [3.63, 3.8) is 0 Å². The lowest BCUT2D eigenvalue weighted by Crippen LogP contribution is -2.11. The van der Waals surface area contributed by atoms with E-state index in [1.54, 1.807) is 7.11 Å². The van der Waals surface area contributed by atoms with Crippen LogP contribution in [0.5, 0.6) is 5.75 Å². The summed E-state index contributed by atoms with van der Waals surface area (Å²) in [6.45, 7) is 0.113. The Morgan fingerprint density at radius 3 is 2.50 bits per heavy atom. The smallest absolute Gasteiger partial charge is 0.119 e. The Kier molecular flexibility index (Phi) is 5.41. The van der Waals surface area contributed by atoms with Crippen molar-refractivity contribution in [2.45, 2.75) is 12.5 Å². The van der Waals surface area contributed by atoms with Gasteiger partial charge in [-0.15, -0.1) is 12.4 Å². The fraction of sp³-hybridized carbons (Fsp3) is 0.286. The molecule has 98 valence electrons. The summed E-state index contributed by atoms with van der Waals surface area (Å²) in [5.74, 6) is 0.852. The average molecular weight is 268 g/mol. The van der Waals surface area contributed by atoms with Crippen molar-refractivity contribution >= 4 is 23.2 Å². The average Bonchev–Trinajstić information content (AvgIpc) is 2.37.